The van der Waals surface area contributed by atoms with E-state index in [1.165, 1.54) is 39.0 Å². The quantitative estimate of drug-likeness (QED) is 0.400. The van der Waals surface area contributed by atoms with E-state index >= 15 is 0 Å². The molecule has 2 rings (SSSR count). The SMILES string of the molecule is CC/C(C)=C(\C=C(\c1ccc(C(C)(C)C)cc1)C(C)C(C)C)c1ccc(C(C)(C)C)cc1. The minimum absolute atomic E-state index is 0.171. The maximum Gasteiger partial charge on any atom is -0.0132 e. The Bertz CT molecular complexity index is 933. The van der Waals surface area contributed by atoms with Crippen molar-refractivity contribution in [2.45, 2.75) is 93.4 Å². The first-order chi connectivity index (χ1) is 14.8. The van der Waals surface area contributed by atoms with Gasteiger partial charge in [-0.25, -0.2) is 0 Å². The smallest absolute Gasteiger partial charge is 0.0132 e. The van der Waals surface area contributed by atoms with Gasteiger partial charge in [0.25, 0.3) is 0 Å². The van der Waals surface area contributed by atoms with Crippen LogP contribution in [-0.2, 0) is 10.8 Å². The van der Waals surface area contributed by atoms with Crippen LogP contribution in [0.5, 0.6) is 0 Å². The van der Waals surface area contributed by atoms with E-state index in [9.17, 15) is 0 Å². The van der Waals surface area contributed by atoms with Crippen molar-refractivity contribution in [2.24, 2.45) is 11.8 Å². The van der Waals surface area contributed by atoms with Gasteiger partial charge in [0, 0.05) is 0 Å². The molecule has 0 spiro atoms. The molecule has 2 aromatic carbocycles. The second-order valence-electron chi connectivity index (χ2n) is 11.8. The van der Waals surface area contributed by atoms with E-state index in [0.29, 0.717) is 11.8 Å². The first kappa shape index (κ1) is 26.2. The highest BCUT2D eigenvalue weighted by molar-refractivity contribution is 5.86. The molecule has 1 atom stereocenters. The Kier molecular flexibility index (Phi) is 8.38. The van der Waals surface area contributed by atoms with Gasteiger partial charge in [0.1, 0.15) is 0 Å². The van der Waals surface area contributed by atoms with E-state index in [0.717, 1.165) is 6.42 Å². The first-order valence-electron chi connectivity index (χ1n) is 12.4. The zero-order chi connectivity index (χ0) is 24.3. The van der Waals surface area contributed by atoms with E-state index in [-0.39, 0.29) is 10.8 Å². The van der Waals surface area contributed by atoms with Crippen LogP contribution >= 0.6 is 0 Å². The third-order valence-electron chi connectivity index (χ3n) is 6.93. The average Bonchev–Trinajstić information content (AvgIpc) is 2.72. The van der Waals surface area contributed by atoms with E-state index in [4.69, 9.17) is 0 Å². The maximum atomic E-state index is 2.47. The minimum Gasteiger partial charge on any atom is -0.0657 e. The standard InChI is InChI=1S/C32H46/c1-12-23(4)29(25-13-17-27(18-14-25)31(6,7)8)21-30(24(5)22(2)3)26-15-19-28(20-16-26)32(9,10)11/h13-22,24H,12H2,1-11H3/b29-23+,30-21+. The van der Waals surface area contributed by atoms with Gasteiger partial charge < -0.3 is 0 Å². The van der Waals surface area contributed by atoms with Gasteiger partial charge in [0.05, 0.1) is 0 Å². The molecule has 32 heavy (non-hydrogen) atoms. The van der Waals surface area contributed by atoms with E-state index < -0.39 is 0 Å². The lowest BCUT2D eigenvalue weighted by Gasteiger charge is -2.24. The molecule has 0 N–H and O–H groups in total. The summed E-state index contributed by atoms with van der Waals surface area (Å²) in [6.45, 7) is 25.2. The Morgan fingerprint density at radius 2 is 1.12 bits per heavy atom. The van der Waals surface area contributed by atoms with Crippen LogP contribution in [0.25, 0.3) is 11.1 Å². The van der Waals surface area contributed by atoms with Gasteiger partial charge >= 0.3 is 0 Å². The summed E-state index contributed by atoms with van der Waals surface area (Å²) in [5.74, 6) is 1.05. The van der Waals surface area contributed by atoms with Crippen LogP contribution in [0, 0.1) is 11.8 Å². The monoisotopic (exact) mass is 430 g/mol. The molecule has 0 aliphatic carbocycles. The molecule has 1 unspecified atom stereocenters. The molecule has 0 amide bonds. The Morgan fingerprint density at radius 3 is 1.47 bits per heavy atom. The first-order valence-corrected chi connectivity index (χ1v) is 12.4. The topological polar surface area (TPSA) is 0 Å². The average molecular weight is 431 g/mol. The van der Waals surface area contributed by atoms with Crippen molar-refractivity contribution in [3.63, 3.8) is 0 Å². The third-order valence-corrected chi connectivity index (χ3v) is 6.93. The summed E-state index contributed by atoms with van der Waals surface area (Å²) in [4.78, 5) is 0. The number of hydrogen-bond donors (Lipinski definition) is 0. The molecule has 0 heteroatoms. The summed E-state index contributed by atoms with van der Waals surface area (Å²) < 4.78 is 0. The van der Waals surface area contributed by atoms with Gasteiger partial charge in [-0.1, -0.05) is 129 Å². The van der Waals surface area contributed by atoms with Crippen molar-refractivity contribution in [3.05, 3.63) is 82.4 Å². The molecule has 0 radical (unpaired) electrons. The Hall–Kier alpha value is -2.08. The zero-order valence-electron chi connectivity index (χ0n) is 22.6. The molecular weight excluding hydrogens is 384 g/mol. The predicted octanol–water partition coefficient (Wildman–Crippen LogP) is 9.84. The zero-order valence-corrected chi connectivity index (χ0v) is 22.6. The molecule has 0 saturated carbocycles. The molecule has 0 bridgehead atoms. The number of benzene rings is 2. The number of rotatable bonds is 6. The molecule has 2 aromatic rings. The van der Waals surface area contributed by atoms with Gasteiger partial charge in [-0.05, 0) is 69.4 Å². The van der Waals surface area contributed by atoms with Crippen LogP contribution < -0.4 is 0 Å². The van der Waals surface area contributed by atoms with E-state index in [1.54, 1.807) is 0 Å². The molecule has 0 nitrogen and oxygen atoms in total. The fraction of sp³-hybridized carbons (Fsp3) is 0.500. The van der Waals surface area contributed by atoms with Crippen molar-refractivity contribution in [2.75, 3.05) is 0 Å². The summed E-state index contributed by atoms with van der Waals surface area (Å²) in [6.07, 6.45) is 3.53. The number of allylic oxidation sites excluding steroid dienone is 4. The number of hydrogen-bond acceptors (Lipinski definition) is 0. The van der Waals surface area contributed by atoms with Crippen molar-refractivity contribution >= 4 is 11.1 Å². The summed E-state index contributed by atoms with van der Waals surface area (Å²) in [5, 5.41) is 0. The lowest BCUT2D eigenvalue weighted by molar-refractivity contribution is 0.518. The second kappa shape index (κ2) is 10.2. The molecule has 0 aliphatic rings. The second-order valence-corrected chi connectivity index (χ2v) is 11.8. The highest BCUT2D eigenvalue weighted by Crippen LogP contribution is 2.35. The Morgan fingerprint density at radius 1 is 0.719 bits per heavy atom. The van der Waals surface area contributed by atoms with Crippen LogP contribution in [0.15, 0.2) is 60.2 Å². The summed E-state index contributed by atoms with van der Waals surface area (Å²) in [5.41, 5.74) is 10.0. The molecule has 174 valence electrons. The molecule has 0 aliphatic heterocycles. The lowest BCUT2D eigenvalue weighted by Crippen LogP contribution is -2.12. The van der Waals surface area contributed by atoms with Crippen molar-refractivity contribution in [1.29, 1.82) is 0 Å². The van der Waals surface area contributed by atoms with Crippen molar-refractivity contribution < 1.29 is 0 Å². The lowest BCUT2D eigenvalue weighted by atomic mass is 9.81. The van der Waals surface area contributed by atoms with Crippen LogP contribution in [0.2, 0.25) is 0 Å². The van der Waals surface area contributed by atoms with Gasteiger partial charge in [0.15, 0.2) is 0 Å². The normalized spacial score (nSPS) is 15.1. The molecule has 0 heterocycles. The van der Waals surface area contributed by atoms with Crippen LogP contribution in [0.1, 0.15) is 105 Å². The Balaban J connectivity index is 2.63. The molecule has 0 fully saturated rings. The van der Waals surface area contributed by atoms with Crippen LogP contribution in [0.3, 0.4) is 0 Å². The summed E-state index contributed by atoms with van der Waals surface area (Å²) in [6, 6.07) is 18.5. The highest BCUT2D eigenvalue weighted by atomic mass is 14.2. The fourth-order valence-corrected chi connectivity index (χ4v) is 3.95. The van der Waals surface area contributed by atoms with Gasteiger partial charge in [-0.15, -0.1) is 0 Å². The van der Waals surface area contributed by atoms with Gasteiger partial charge in [0.2, 0.25) is 0 Å². The minimum atomic E-state index is 0.171. The Labute approximate surface area is 198 Å². The fourth-order valence-electron chi connectivity index (χ4n) is 3.95. The van der Waals surface area contributed by atoms with Gasteiger partial charge in [-0.3, -0.25) is 0 Å². The van der Waals surface area contributed by atoms with Gasteiger partial charge in [-0.2, -0.15) is 0 Å². The van der Waals surface area contributed by atoms with Crippen molar-refractivity contribution in [1.82, 2.24) is 0 Å². The molecule has 0 saturated heterocycles. The molecule has 0 aromatic heterocycles. The largest absolute Gasteiger partial charge is 0.0657 e. The summed E-state index contributed by atoms with van der Waals surface area (Å²) >= 11 is 0. The predicted molar refractivity (Wildman–Crippen MR) is 145 cm³/mol. The third kappa shape index (κ3) is 6.47. The van der Waals surface area contributed by atoms with E-state index in [1.807, 2.05) is 0 Å². The van der Waals surface area contributed by atoms with Crippen LogP contribution in [-0.4, -0.2) is 0 Å². The summed E-state index contributed by atoms with van der Waals surface area (Å²) in [7, 11) is 0. The van der Waals surface area contributed by atoms with Crippen LogP contribution in [0.4, 0.5) is 0 Å². The van der Waals surface area contributed by atoms with E-state index in [2.05, 4.69) is 131 Å². The van der Waals surface area contributed by atoms with Crippen molar-refractivity contribution in [3.8, 4) is 0 Å². The maximum absolute atomic E-state index is 2.47. The molecular formula is C32H46. The highest BCUT2D eigenvalue weighted by Gasteiger charge is 2.19.